The number of hydrogen-bond acceptors (Lipinski definition) is 8. The maximum absolute atomic E-state index is 12.4. The molecule has 1 unspecified atom stereocenters. The molecule has 6 rings (SSSR count). The van der Waals surface area contributed by atoms with Gasteiger partial charge < -0.3 is 16.0 Å². The summed E-state index contributed by atoms with van der Waals surface area (Å²) in [6.07, 6.45) is 6.06. The number of carbonyl (C=O) groups excluding carboxylic acids is 1. The SMILES string of the molecule is N#Cc1cccc(NC(=O)CNC2CCc3c(sc4ncnc(Nc5ccc6[nH]ncc6c5)c34)C2)c1. The molecule has 0 radical (unpaired) electrons. The predicted octanol–water partition coefficient (Wildman–Crippen LogP) is 4.27. The standard InChI is InChI=1S/C26H22N8OS/c27-11-15-2-1-3-18(8-15)32-23(35)13-28-17-4-6-20-22(10-17)36-26-24(20)25(29-14-30-26)33-19-5-7-21-16(9-19)12-31-34-21/h1-3,5,7-9,12,14,17,28H,4,6,10,13H2,(H,31,34)(H,32,35)(H,29,30,33). The molecule has 3 aromatic heterocycles. The number of nitriles is 1. The number of amides is 1. The zero-order valence-electron chi connectivity index (χ0n) is 19.2. The lowest BCUT2D eigenvalue weighted by molar-refractivity contribution is -0.115. The number of fused-ring (bicyclic) bond motifs is 4. The summed E-state index contributed by atoms with van der Waals surface area (Å²) in [6, 6.07) is 15.3. The van der Waals surface area contributed by atoms with Crippen molar-refractivity contribution in [2.24, 2.45) is 0 Å². The van der Waals surface area contributed by atoms with Crippen LogP contribution in [0.15, 0.2) is 55.0 Å². The van der Waals surface area contributed by atoms with Crippen LogP contribution >= 0.6 is 11.3 Å². The van der Waals surface area contributed by atoms with Gasteiger partial charge in [-0.3, -0.25) is 9.89 Å². The van der Waals surface area contributed by atoms with Gasteiger partial charge in [0, 0.05) is 27.7 Å². The van der Waals surface area contributed by atoms with Crippen molar-refractivity contribution in [3.63, 3.8) is 0 Å². The number of H-pyrrole nitrogens is 1. The van der Waals surface area contributed by atoms with Crippen LogP contribution in [0.3, 0.4) is 0 Å². The highest BCUT2D eigenvalue weighted by Gasteiger charge is 2.25. The number of anilines is 3. The Morgan fingerprint density at radius 1 is 1.19 bits per heavy atom. The van der Waals surface area contributed by atoms with Crippen LogP contribution in [0.4, 0.5) is 17.2 Å². The van der Waals surface area contributed by atoms with E-state index < -0.39 is 0 Å². The minimum absolute atomic E-state index is 0.126. The summed E-state index contributed by atoms with van der Waals surface area (Å²) >= 11 is 1.70. The van der Waals surface area contributed by atoms with Gasteiger partial charge in [0.1, 0.15) is 17.0 Å². The number of nitrogens with one attached hydrogen (secondary N) is 4. The molecule has 5 aromatic rings. The minimum Gasteiger partial charge on any atom is -0.340 e. The molecule has 10 heteroatoms. The number of aromatic amines is 1. The molecule has 3 heterocycles. The van der Waals surface area contributed by atoms with Crippen LogP contribution < -0.4 is 16.0 Å². The smallest absolute Gasteiger partial charge is 0.238 e. The molecular weight excluding hydrogens is 472 g/mol. The molecule has 1 aliphatic carbocycles. The summed E-state index contributed by atoms with van der Waals surface area (Å²) in [7, 11) is 0. The van der Waals surface area contributed by atoms with E-state index in [9.17, 15) is 4.79 Å². The van der Waals surface area contributed by atoms with Gasteiger partial charge in [-0.25, -0.2) is 9.97 Å². The van der Waals surface area contributed by atoms with Gasteiger partial charge in [0.25, 0.3) is 0 Å². The summed E-state index contributed by atoms with van der Waals surface area (Å²) in [6.45, 7) is 0.213. The summed E-state index contributed by atoms with van der Waals surface area (Å²) in [5.74, 6) is 0.685. The van der Waals surface area contributed by atoms with Crippen LogP contribution in [0.1, 0.15) is 22.4 Å². The van der Waals surface area contributed by atoms with Gasteiger partial charge in [0.2, 0.25) is 5.91 Å². The summed E-state index contributed by atoms with van der Waals surface area (Å²) in [4.78, 5) is 23.8. The molecule has 9 nitrogen and oxygen atoms in total. The van der Waals surface area contributed by atoms with Crippen molar-refractivity contribution in [1.82, 2.24) is 25.5 Å². The molecule has 1 atom stereocenters. The van der Waals surface area contributed by atoms with Gasteiger partial charge in [-0.15, -0.1) is 11.3 Å². The van der Waals surface area contributed by atoms with Crippen molar-refractivity contribution in [2.45, 2.75) is 25.3 Å². The van der Waals surface area contributed by atoms with E-state index in [-0.39, 0.29) is 18.5 Å². The van der Waals surface area contributed by atoms with E-state index in [1.165, 1.54) is 10.4 Å². The molecule has 178 valence electrons. The van der Waals surface area contributed by atoms with Crippen LogP contribution in [0.25, 0.3) is 21.1 Å². The molecule has 0 aliphatic heterocycles. The Balaban J connectivity index is 1.15. The Hall–Kier alpha value is -4.33. The maximum Gasteiger partial charge on any atom is 0.238 e. The van der Waals surface area contributed by atoms with E-state index in [0.29, 0.717) is 11.3 Å². The average Bonchev–Trinajstić information content (AvgIpc) is 3.51. The highest BCUT2D eigenvalue weighted by Crippen LogP contribution is 2.39. The molecule has 1 aliphatic rings. The second-order valence-corrected chi connectivity index (χ2v) is 9.85. The lowest BCUT2D eigenvalue weighted by Crippen LogP contribution is -2.39. The van der Waals surface area contributed by atoms with E-state index in [1.807, 2.05) is 18.2 Å². The number of carbonyl (C=O) groups is 1. The zero-order chi connectivity index (χ0) is 24.5. The Kier molecular flexibility index (Phi) is 5.77. The molecule has 0 saturated carbocycles. The number of rotatable bonds is 6. The topological polar surface area (TPSA) is 131 Å². The monoisotopic (exact) mass is 494 g/mol. The van der Waals surface area contributed by atoms with Gasteiger partial charge in [-0.05, 0) is 61.2 Å². The first-order valence-electron chi connectivity index (χ1n) is 11.6. The first-order chi connectivity index (χ1) is 17.7. The van der Waals surface area contributed by atoms with Crippen LogP contribution in [-0.4, -0.2) is 38.7 Å². The van der Waals surface area contributed by atoms with E-state index in [2.05, 4.69) is 42.2 Å². The van der Waals surface area contributed by atoms with Gasteiger partial charge in [0.15, 0.2) is 0 Å². The van der Waals surface area contributed by atoms with E-state index in [1.54, 1.807) is 48.1 Å². The summed E-state index contributed by atoms with van der Waals surface area (Å²) < 4.78 is 0. The number of hydrogen-bond donors (Lipinski definition) is 4. The molecule has 2 aromatic carbocycles. The van der Waals surface area contributed by atoms with Crippen LogP contribution in [-0.2, 0) is 17.6 Å². The second-order valence-electron chi connectivity index (χ2n) is 8.76. The summed E-state index contributed by atoms with van der Waals surface area (Å²) in [5.41, 5.74) is 4.37. The number of benzene rings is 2. The zero-order valence-corrected chi connectivity index (χ0v) is 20.0. The molecule has 4 N–H and O–H groups in total. The van der Waals surface area contributed by atoms with Gasteiger partial charge >= 0.3 is 0 Å². The lowest BCUT2D eigenvalue weighted by Gasteiger charge is -2.23. The molecular formula is C26H22N8OS. The molecule has 0 saturated heterocycles. The average molecular weight is 495 g/mol. The molecule has 0 spiro atoms. The second kappa shape index (κ2) is 9.37. The largest absolute Gasteiger partial charge is 0.340 e. The van der Waals surface area contributed by atoms with Gasteiger partial charge in [0.05, 0.1) is 35.3 Å². The first-order valence-corrected chi connectivity index (χ1v) is 12.5. The number of aromatic nitrogens is 4. The molecule has 36 heavy (non-hydrogen) atoms. The third-order valence-corrected chi connectivity index (χ3v) is 7.54. The Labute approximate surface area is 210 Å². The summed E-state index contributed by atoms with van der Waals surface area (Å²) in [5, 5.41) is 27.9. The fourth-order valence-corrected chi connectivity index (χ4v) is 5.91. The molecule has 0 fully saturated rings. The van der Waals surface area contributed by atoms with Crippen molar-refractivity contribution < 1.29 is 4.79 Å². The maximum atomic E-state index is 12.4. The van der Waals surface area contributed by atoms with E-state index in [0.717, 1.165) is 51.9 Å². The highest BCUT2D eigenvalue weighted by atomic mass is 32.1. The van der Waals surface area contributed by atoms with Gasteiger partial charge in [-0.2, -0.15) is 10.4 Å². The number of nitrogens with zero attached hydrogens (tertiary/aromatic N) is 4. The fourth-order valence-electron chi connectivity index (χ4n) is 4.65. The quantitative estimate of drug-likeness (QED) is 0.277. The van der Waals surface area contributed by atoms with Crippen molar-refractivity contribution in [3.8, 4) is 6.07 Å². The van der Waals surface area contributed by atoms with E-state index in [4.69, 9.17) is 5.26 Å². The number of thiophene rings is 1. The van der Waals surface area contributed by atoms with Crippen molar-refractivity contribution in [3.05, 3.63) is 71.0 Å². The van der Waals surface area contributed by atoms with Crippen LogP contribution in [0, 0.1) is 11.3 Å². The van der Waals surface area contributed by atoms with Gasteiger partial charge in [-0.1, -0.05) is 6.07 Å². The predicted molar refractivity (Wildman–Crippen MR) is 140 cm³/mol. The normalized spacial score (nSPS) is 14.9. The Morgan fingerprint density at radius 2 is 2.14 bits per heavy atom. The minimum atomic E-state index is -0.126. The Morgan fingerprint density at radius 3 is 3.06 bits per heavy atom. The lowest BCUT2D eigenvalue weighted by atomic mass is 9.93. The van der Waals surface area contributed by atoms with Crippen LogP contribution in [0.2, 0.25) is 0 Å². The highest BCUT2D eigenvalue weighted by molar-refractivity contribution is 7.19. The van der Waals surface area contributed by atoms with Crippen molar-refractivity contribution in [2.75, 3.05) is 17.2 Å². The third kappa shape index (κ3) is 4.37. The van der Waals surface area contributed by atoms with Crippen molar-refractivity contribution >= 4 is 55.6 Å². The molecule has 0 bridgehead atoms. The number of aryl methyl sites for hydroxylation is 1. The fraction of sp³-hybridized carbons (Fsp3) is 0.192. The third-order valence-electron chi connectivity index (χ3n) is 6.37. The Bertz CT molecular complexity index is 1630. The van der Waals surface area contributed by atoms with Crippen LogP contribution in [0.5, 0.6) is 0 Å². The molecule has 1 amide bonds. The first kappa shape index (κ1) is 22.2. The van der Waals surface area contributed by atoms with Crippen molar-refractivity contribution in [1.29, 1.82) is 5.26 Å². The van der Waals surface area contributed by atoms with E-state index >= 15 is 0 Å².